The lowest BCUT2D eigenvalue weighted by molar-refractivity contribution is -0.142. The summed E-state index contributed by atoms with van der Waals surface area (Å²) in [5, 5.41) is 18.6. The zero-order valence-corrected chi connectivity index (χ0v) is 12.3. The smallest absolute Gasteiger partial charge is 0.322 e. The van der Waals surface area contributed by atoms with Crippen molar-refractivity contribution in [1.29, 1.82) is 0 Å². The minimum atomic E-state index is -3.81. The van der Waals surface area contributed by atoms with Crippen molar-refractivity contribution in [2.24, 2.45) is 0 Å². The molecule has 8 heteroatoms. The molecule has 0 amide bonds. The maximum absolute atomic E-state index is 12.7. The number of carboxylic acids is 1. The van der Waals surface area contributed by atoms with E-state index < -0.39 is 28.3 Å². The van der Waals surface area contributed by atoms with Gasteiger partial charge in [0, 0.05) is 19.1 Å². The molecule has 0 aromatic carbocycles. The highest BCUT2D eigenvalue weighted by Crippen LogP contribution is 2.27. The van der Waals surface area contributed by atoms with Crippen LogP contribution in [0, 0.1) is 0 Å². The number of nitrogens with zero attached hydrogens (tertiary/aromatic N) is 2. The molecule has 2 heterocycles. The summed E-state index contributed by atoms with van der Waals surface area (Å²) < 4.78 is 27.8. The van der Waals surface area contributed by atoms with Crippen LogP contribution in [0.3, 0.4) is 0 Å². The van der Waals surface area contributed by atoms with E-state index in [0.29, 0.717) is 25.8 Å². The molecule has 2 atom stereocenters. The van der Waals surface area contributed by atoms with Gasteiger partial charge in [0.05, 0.1) is 6.61 Å². The van der Waals surface area contributed by atoms with Gasteiger partial charge in [-0.1, -0.05) is 6.42 Å². The van der Waals surface area contributed by atoms with E-state index in [-0.39, 0.29) is 13.2 Å². The summed E-state index contributed by atoms with van der Waals surface area (Å²) in [5.74, 6) is -1.09. The van der Waals surface area contributed by atoms with Crippen molar-refractivity contribution in [3.05, 3.63) is 0 Å². The van der Waals surface area contributed by atoms with Gasteiger partial charge in [-0.3, -0.25) is 4.79 Å². The Bertz CT molecular complexity index is 453. The molecule has 2 N–H and O–H groups in total. The van der Waals surface area contributed by atoms with Crippen LogP contribution in [-0.2, 0) is 15.0 Å². The Morgan fingerprint density at radius 1 is 1.05 bits per heavy atom. The summed E-state index contributed by atoms with van der Waals surface area (Å²) in [6.45, 7) is 0.384. The average molecular weight is 306 g/mol. The Kier molecular flexibility index (Phi) is 5.00. The normalized spacial score (nSPS) is 30.2. The van der Waals surface area contributed by atoms with Gasteiger partial charge in [-0.25, -0.2) is 0 Å². The first-order valence-corrected chi connectivity index (χ1v) is 8.50. The molecule has 0 aliphatic carbocycles. The molecule has 0 aromatic rings. The van der Waals surface area contributed by atoms with Gasteiger partial charge in [0.2, 0.25) is 0 Å². The number of piperidine rings is 2. The summed E-state index contributed by atoms with van der Waals surface area (Å²) in [6, 6.07) is -1.40. The van der Waals surface area contributed by atoms with Gasteiger partial charge < -0.3 is 10.2 Å². The number of aliphatic hydroxyl groups excluding tert-OH is 1. The maximum Gasteiger partial charge on any atom is 0.322 e. The maximum atomic E-state index is 12.7. The fraction of sp³-hybridized carbons (Fsp3) is 0.917. The fourth-order valence-electron chi connectivity index (χ4n) is 3.02. The van der Waals surface area contributed by atoms with Gasteiger partial charge in [-0.15, -0.1) is 0 Å². The lowest BCUT2D eigenvalue weighted by atomic mass is 10.1. The molecule has 2 rings (SSSR count). The standard InChI is InChI=1S/C12H22N2O5S/c15-9-10-5-1-3-7-13(10)20(18,19)14-8-4-2-6-11(14)12(16)17/h10-11,15H,1-9H2,(H,16,17). The number of carboxylic acid groups (broad SMARTS) is 1. The van der Waals surface area contributed by atoms with Gasteiger partial charge in [-0.2, -0.15) is 17.0 Å². The predicted octanol–water partition coefficient (Wildman–Crippen LogP) is 0.0171. The van der Waals surface area contributed by atoms with E-state index in [0.717, 1.165) is 23.6 Å². The quantitative estimate of drug-likeness (QED) is 0.763. The fourth-order valence-corrected chi connectivity index (χ4v) is 5.08. The summed E-state index contributed by atoms with van der Waals surface area (Å²) in [5.41, 5.74) is 0. The zero-order chi connectivity index (χ0) is 14.8. The highest BCUT2D eigenvalue weighted by molar-refractivity contribution is 7.86. The van der Waals surface area contributed by atoms with Crippen LogP contribution in [0.15, 0.2) is 0 Å². The third-order valence-electron chi connectivity index (χ3n) is 4.12. The van der Waals surface area contributed by atoms with Crippen molar-refractivity contribution in [1.82, 2.24) is 8.61 Å². The van der Waals surface area contributed by atoms with Gasteiger partial charge >= 0.3 is 5.97 Å². The Morgan fingerprint density at radius 2 is 1.65 bits per heavy atom. The number of aliphatic carboxylic acids is 1. The molecular weight excluding hydrogens is 284 g/mol. The first kappa shape index (κ1) is 15.7. The Morgan fingerprint density at radius 3 is 2.25 bits per heavy atom. The van der Waals surface area contributed by atoms with Crippen molar-refractivity contribution in [3.8, 4) is 0 Å². The molecule has 20 heavy (non-hydrogen) atoms. The van der Waals surface area contributed by atoms with Gasteiger partial charge in [0.15, 0.2) is 0 Å². The number of carbonyl (C=O) groups is 1. The molecule has 116 valence electrons. The minimum Gasteiger partial charge on any atom is -0.480 e. The van der Waals surface area contributed by atoms with Gasteiger partial charge in [-0.05, 0) is 32.1 Å². The second-order valence-corrected chi connectivity index (χ2v) is 7.24. The largest absolute Gasteiger partial charge is 0.480 e. The van der Waals surface area contributed by atoms with Crippen LogP contribution < -0.4 is 0 Å². The van der Waals surface area contributed by atoms with Crippen LogP contribution in [0.2, 0.25) is 0 Å². The molecule has 2 unspecified atom stereocenters. The van der Waals surface area contributed by atoms with Crippen molar-refractivity contribution in [2.75, 3.05) is 19.7 Å². The van der Waals surface area contributed by atoms with Gasteiger partial charge in [0.25, 0.3) is 10.2 Å². The molecule has 2 fully saturated rings. The third-order valence-corrected chi connectivity index (χ3v) is 6.22. The van der Waals surface area contributed by atoms with Gasteiger partial charge in [0.1, 0.15) is 6.04 Å². The summed E-state index contributed by atoms with van der Waals surface area (Å²) in [4.78, 5) is 11.3. The van der Waals surface area contributed by atoms with Crippen molar-refractivity contribution < 1.29 is 23.4 Å². The lowest BCUT2D eigenvalue weighted by Crippen LogP contribution is -2.57. The van der Waals surface area contributed by atoms with E-state index in [2.05, 4.69) is 0 Å². The summed E-state index contributed by atoms with van der Waals surface area (Å²) in [6.07, 6.45) is 4.03. The molecule has 7 nitrogen and oxygen atoms in total. The molecule has 0 bridgehead atoms. The van der Waals surface area contributed by atoms with Crippen molar-refractivity contribution >= 4 is 16.2 Å². The first-order chi connectivity index (χ1) is 9.48. The Hall–Kier alpha value is -0.700. The first-order valence-electron chi connectivity index (χ1n) is 7.10. The molecule has 2 saturated heterocycles. The van der Waals surface area contributed by atoms with E-state index in [9.17, 15) is 23.4 Å². The topological polar surface area (TPSA) is 98.2 Å². The van der Waals surface area contributed by atoms with Crippen molar-refractivity contribution in [3.63, 3.8) is 0 Å². The number of hydrogen-bond donors (Lipinski definition) is 2. The van der Waals surface area contributed by atoms with Crippen LogP contribution in [0.25, 0.3) is 0 Å². The minimum absolute atomic E-state index is 0.217. The Labute approximate surface area is 119 Å². The summed E-state index contributed by atoms with van der Waals surface area (Å²) >= 11 is 0. The van der Waals surface area contributed by atoms with Crippen molar-refractivity contribution in [2.45, 2.75) is 50.6 Å². The third kappa shape index (κ3) is 2.98. The van der Waals surface area contributed by atoms with Crippen LogP contribution in [0.5, 0.6) is 0 Å². The molecular formula is C12H22N2O5S. The van der Waals surface area contributed by atoms with Crippen LogP contribution in [0.1, 0.15) is 38.5 Å². The highest BCUT2D eigenvalue weighted by Gasteiger charge is 2.42. The molecule has 2 aliphatic heterocycles. The molecule has 0 radical (unpaired) electrons. The molecule has 0 saturated carbocycles. The predicted molar refractivity (Wildman–Crippen MR) is 72.3 cm³/mol. The molecule has 2 aliphatic rings. The second kappa shape index (κ2) is 6.38. The monoisotopic (exact) mass is 306 g/mol. The molecule has 0 aromatic heterocycles. The van der Waals surface area contributed by atoms with Crippen LogP contribution in [0.4, 0.5) is 0 Å². The van der Waals surface area contributed by atoms with E-state index in [1.165, 1.54) is 4.31 Å². The molecule has 0 spiro atoms. The van der Waals surface area contributed by atoms with E-state index in [4.69, 9.17) is 0 Å². The van der Waals surface area contributed by atoms with Crippen LogP contribution >= 0.6 is 0 Å². The van der Waals surface area contributed by atoms with E-state index >= 15 is 0 Å². The second-order valence-electron chi connectivity index (χ2n) is 5.41. The number of aliphatic hydroxyl groups is 1. The van der Waals surface area contributed by atoms with E-state index in [1.807, 2.05) is 0 Å². The Balaban J connectivity index is 2.24. The summed E-state index contributed by atoms with van der Waals surface area (Å²) in [7, 11) is -3.81. The van der Waals surface area contributed by atoms with E-state index in [1.54, 1.807) is 0 Å². The zero-order valence-electron chi connectivity index (χ0n) is 11.4. The van der Waals surface area contributed by atoms with Crippen LogP contribution in [-0.4, -0.2) is 65.0 Å². The number of hydrogen-bond acceptors (Lipinski definition) is 4. The SMILES string of the molecule is O=C(O)C1CCCCN1S(=O)(=O)N1CCCCC1CO. The number of rotatable bonds is 4. The average Bonchev–Trinajstić information content (AvgIpc) is 2.47. The lowest BCUT2D eigenvalue weighted by Gasteiger charge is -2.40. The highest BCUT2D eigenvalue weighted by atomic mass is 32.2.